The Kier molecular flexibility index (Phi) is 4.27. The molecule has 2 rings (SSSR count). The average Bonchev–Trinajstić information content (AvgIpc) is 2.95. The van der Waals surface area contributed by atoms with E-state index in [1.807, 2.05) is 4.90 Å². The summed E-state index contributed by atoms with van der Waals surface area (Å²) in [6.45, 7) is 5.68. The molecule has 3 atom stereocenters. The lowest BCUT2D eigenvalue weighted by molar-refractivity contribution is -0.137. The largest absolute Gasteiger partial charge is 0.341 e. The monoisotopic (exact) mass is 248 g/mol. The van der Waals surface area contributed by atoms with Crippen LogP contribution in [-0.4, -0.2) is 23.9 Å². The number of hydrogen-bond acceptors (Lipinski definition) is 2. The molecular weight excluding hydrogens is 224 g/mol. The number of fused-ring (bicyclic) bond motifs is 2. The molecule has 0 N–H and O–H groups in total. The standard InChI is InChI=1S/C15H24N2O/c1-11(2)10-17(7-3-6-16)15(18)14-9-12-4-5-13(14)8-12/h11-14H,3-5,7-10H2,1-2H3. The second-order valence-corrected chi connectivity index (χ2v) is 6.37. The molecule has 1 amide bonds. The third-order valence-electron chi connectivity index (χ3n) is 4.45. The van der Waals surface area contributed by atoms with Crippen LogP contribution in [0.3, 0.4) is 0 Å². The van der Waals surface area contributed by atoms with E-state index in [0.717, 1.165) is 18.9 Å². The van der Waals surface area contributed by atoms with E-state index >= 15 is 0 Å². The summed E-state index contributed by atoms with van der Waals surface area (Å²) < 4.78 is 0. The number of rotatable bonds is 5. The number of carbonyl (C=O) groups is 1. The molecule has 2 bridgehead atoms. The molecule has 2 fully saturated rings. The molecule has 3 nitrogen and oxygen atoms in total. The lowest BCUT2D eigenvalue weighted by Crippen LogP contribution is -2.40. The molecule has 3 unspecified atom stereocenters. The van der Waals surface area contributed by atoms with E-state index in [-0.39, 0.29) is 5.92 Å². The Hall–Kier alpha value is -1.04. The molecule has 0 saturated heterocycles. The molecule has 3 heteroatoms. The fourth-order valence-electron chi connectivity index (χ4n) is 3.70. The van der Waals surface area contributed by atoms with Crippen LogP contribution in [0.1, 0.15) is 46.0 Å². The summed E-state index contributed by atoms with van der Waals surface area (Å²) in [7, 11) is 0. The van der Waals surface area contributed by atoms with Crippen LogP contribution in [-0.2, 0) is 4.79 Å². The van der Waals surface area contributed by atoms with Crippen molar-refractivity contribution in [2.75, 3.05) is 13.1 Å². The van der Waals surface area contributed by atoms with Gasteiger partial charge >= 0.3 is 0 Å². The maximum atomic E-state index is 12.6. The van der Waals surface area contributed by atoms with Gasteiger partial charge in [0.15, 0.2) is 0 Å². The number of hydrogen-bond donors (Lipinski definition) is 0. The Bertz CT molecular complexity index is 345. The zero-order valence-corrected chi connectivity index (χ0v) is 11.6. The molecule has 0 aliphatic heterocycles. The van der Waals surface area contributed by atoms with Crippen molar-refractivity contribution in [2.45, 2.75) is 46.0 Å². The molecule has 0 aromatic carbocycles. The highest BCUT2D eigenvalue weighted by molar-refractivity contribution is 5.79. The van der Waals surface area contributed by atoms with E-state index in [9.17, 15) is 4.79 Å². The van der Waals surface area contributed by atoms with Gasteiger partial charge in [0, 0.05) is 19.0 Å². The van der Waals surface area contributed by atoms with Gasteiger partial charge in [-0.15, -0.1) is 0 Å². The van der Waals surface area contributed by atoms with Crippen molar-refractivity contribution in [1.29, 1.82) is 5.26 Å². The highest BCUT2D eigenvalue weighted by Crippen LogP contribution is 2.48. The van der Waals surface area contributed by atoms with E-state index in [1.54, 1.807) is 0 Å². The number of nitriles is 1. The van der Waals surface area contributed by atoms with E-state index in [4.69, 9.17) is 5.26 Å². The quantitative estimate of drug-likeness (QED) is 0.751. The van der Waals surface area contributed by atoms with Gasteiger partial charge in [0.1, 0.15) is 0 Å². The first-order valence-corrected chi connectivity index (χ1v) is 7.27. The van der Waals surface area contributed by atoms with Crippen LogP contribution < -0.4 is 0 Å². The fraction of sp³-hybridized carbons (Fsp3) is 0.867. The zero-order chi connectivity index (χ0) is 13.1. The van der Waals surface area contributed by atoms with Crippen molar-refractivity contribution in [3.8, 4) is 6.07 Å². The summed E-state index contributed by atoms with van der Waals surface area (Å²) in [5.41, 5.74) is 0. The number of nitrogens with zero attached hydrogens (tertiary/aromatic N) is 2. The van der Waals surface area contributed by atoms with Crippen molar-refractivity contribution in [3.05, 3.63) is 0 Å². The molecule has 0 heterocycles. The van der Waals surface area contributed by atoms with Gasteiger partial charge in [-0.25, -0.2) is 0 Å². The van der Waals surface area contributed by atoms with Crippen LogP contribution in [0.2, 0.25) is 0 Å². The first kappa shape index (κ1) is 13.4. The average molecular weight is 248 g/mol. The zero-order valence-electron chi connectivity index (χ0n) is 11.6. The molecular formula is C15H24N2O. The first-order chi connectivity index (χ1) is 8.61. The Morgan fingerprint density at radius 3 is 2.67 bits per heavy atom. The minimum absolute atomic E-state index is 0.265. The van der Waals surface area contributed by atoms with Crippen LogP contribution in [0.5, 0.6) is 0 Å². The Labute approximate surface area is 110 Å². The van der Waals surface area contributed by atoms with E-state index in [1.165, 1.54) is 19.3 Å². The van der Waals surface area contributed by atoms with Crippen LogP contribution in [0, 0.1) is 35.0 Å². The third kappa shape index (κ3) is 2.85. The topological polar surface area (TPSA) is 44.1 Å². The Morgan fingerprint density at radius 1 is 1.39 bits per heavy atom. The third-order valence-corrected chi connectivity index (χ3v) is 4.45. The van der Waals surface area contributed by atoms with Crippen LogP contribution in [0.25, 0.3) is 0 Å². The van der Waals surface area contributed by atoms with Gasteiger partial charge in [0.05, 0.1) is 12.5 Å². The van der Waals surface area contributed by atoms with E-state index in [2.05, 4.69) is 19.9 Å². The Balaban J connectivity index is 1.96. The van der Waals surface area contributed by atoms with Crippen molar-refractivity contribution in [2.24, 2.45) is 23.7 Å². The summed E-state index contributed by atoms with van der Waals surface area (Å²) in [5, 5.41) is 8.71. The summed E-state index contributed by atoms with van der Waals surface area (Å²) in [6.07, 6.45) is 5.40. The normalized spacial score (nSPS) is 29.6. The predicted molar refractivity (Wildman–Crippen MR) is 70.6 cm³/mol. The lowest BCUT2D eigenvalue weighted by atomic mass is 9.87. The molecule has 0 radical (unpaired) electrons. The molecule has 100 valence electrons. The van der Waals surface area contributed by atoms with Crippen molar-refractivity contribution in [3.63, 3.8) is 0 Å². The Morgan fingerprint density at radius 2 is 2.17 bits per heavy atom. The molecule has 2 saturated carbocycles. The predicted octanol–water partition coefficient (Wildman–Crippen LogP) is 2.82. The second kappa shape index (κ2) is 5.73. The van der Waals surface area contributed by atoms with Crippen molar-refractivity contribution >= 4 is 5.91 Å². The molecule has 2 aliphatic rings. The minimum Gasteiger partial charge on any atom is -0.341 e. The van der Waals surface area contributed by atoms with Gasteiger partial charge < -0.3 is 4.90 Å². The van der Waals surface area contributed by atoms with Gasteiger partial charge in [-0.05, 0) is 37.0 Å². The highest BCUT2D eigenvalue weighted by atomic mass is 16.2. The fourth-order valence-corrected chi connectivity index (χ4v) is 3.70. The minimum atomic E-state index is 0.265. The molecule has 0 aromatic rings. The molecule has 18 heavy (non-hydrogen) atoms. The van der Waals surface area contributed by atoms with Crippen molar-refractivity contribution in [1.82, 2.24) is 4.90 Å². The van der Waals surface area contributed by atoms with Gasteiger partial charge in [-0.1, -0.05) is 20.3 Å². The molecule has 0 spiro atoms. The maximum Gasteiger partial charge on any atom is 0.226 e. The van der Waals surface area contributed by atoms with Gasteiger partial charge in [-0.2, -0.15) is 5.26 Å². The van der Waals surface area contributed by atoms with Crippen molar-refractivity contribution < 1.29 is 4.79 Å². The molecule has 2 aliphatic carbocycles. The van der Waals surface area contributed by atoms with Crippen LogP contribution >= 0.6 is 0 Å². The summed E-state index contributed by atoms with van der Waals surface area (Å²) in [6, 6.07) is 2.16. The van der Waals surface area contributed by atoms with E-state index in [0.29, 0.717) is 30.7 Å². The second-order valence-electron chi connectivity index (χ2n) is 6.37. The lowest BCUT2D eigenvalue weighted by Gasteiger charge is -2.30. The molecule has 0 aromatic heterocycles. The SMILES string of the molecule is CC(C)CN(CCC#N)C(=O)C1CC2CCC1C2. The first-order valence-electron chi connectivity index (χ1n) is 7.27. The number of amides is 1. The van der Waals surface area contributed by atoms with Crippen LogP contribution in [0.4, 0.5) is 0 Å². The highest BCUT2D eigenvalue weighted by Gasteiger charge is 2.44. The van der Waals surface area contributed by atoms with Gasteiger partial charge in [-0.3, -0.25) is 4.79 Å². The smallest absolute Gasteiger partial charge is 0.226 e. The van der Waals surface area contributed by atoms with Gasteiger partial charge in [0.2, 0.25) is 5.91 Å². The van der Waals surface area contributed by atoms with Gasteiger partial charge in [0.25, 0.3) is 0 Å². The maximum absolute atomic E-state index is 12.6. The summed E-state index contributed by atoms with van der Waals surface area (Å²) >= 11 is 0. The summed E-state index contributed by atoms with van der Waals surface area (Å²) in [4.78, 5) is 14.5. The number of carbonyl (C=O) groups excluding carboxylic acids is 1. The van der Waals surface area contributed by atoms with Crippen LogP contribution in [0.15, 0.2) is 0 Å². The summed E-state index contributed by atoms with van der Waals surface area (Å²) in [5.74, 6) is 2.51. The van der Waals surface area contributed by atoms with E-state index < -0.39 is 0 Å².